The van der Waals surface area contributed by atoms with Crippen molar-refractivity contribution in [2.45, 2.75) is 46.2 Å². The highest BCUT2D eigenvalue weighted by Crippen LogP contribution is 2.35. The summed E-state index contributed by atoms with van der Waals surface area (Å²) >= 11 is 2.03. The Morgan fingerprint density at radius 1 is 1.43 bits per heavy atom. The lowest BCUT2D eigenvalue weighted by molar-refractivity contribution is -0.114. The summed E-state index contributed by atoms with van der Waals surface area (Å²) < 4.78 is 0. The van der Waals surface area contributed by atoms with Gasteiger partial charge in [-0.3, -0.25) is 4.79 Å². The molecule has 0 aliphatic carbocycles. The number of thioether (sulfide) groups is 1. The van der Waals surface area contributed by atoms with Crippen LogP contribution in [0.25, 0.3) is 0 Å². The summed E-state index contributed by atoms with van der Waals surface area (Å²) in [7, 11) is 0. The third kappa shape index (κ3) is 4.48. The van der Waals surface area contributed by atoms with E-state index in [4.69, 9.17) is 0 Å². The molecule has 0 bridgehead atoms. The molecule has 1 fully saturated rings. The van der Waals surface area contributed by atoms with Crippen molar-refractivity contribution >= 4 is 23.4 Å². The maximum Gasteiger partial charge on any atom is 0.221 e. The monoisotopic (exact) mass is 306 g/mol. The molecule has 2 rings (SSSR count). The number of anilines is 1. The Balaban J connectivity index is 2.05. The average Bonchev–Trinajstić information content (AvgIpc) is 2.40. The second-order valence-corrected chi connectivity index (χ2v) is 7.71. The second kappa shape index (κ2) is 6.84. The van der Waals surface area contributed by atoms with Crippen LogP contribution in [-0.2, 0) is 4.79 Å². The Labute approximate surface area is 132 Å². The minimum absolute atomic E-state index is 0.0300. The van der Waals surface area contributed by atoms with E-state index < -0.39 is 0 Å². The fourth-order valence-electron chi connectivity index (χ4n) is 2.70. The lowest BCUT2D eigenvalue weighted by Crippen LogP contribution is -2.47. The predicted octanol–water partition coefficient (Wildman–Crippen LogP) is 3.83. The van der Waals surface area contributed by atoms with Crippen LogP contribution < -0.4 is 10.6 Å². The quantitative estimate of drug-likeness (QED) is 0.888. The third-order valence-electron chi connectivity index (χ3n) is 4.28. The molecule has 21 heavy (non-hydrogen) atoms. The SMILES string of the molecule is CC(=O)Nc1cccc(C(C)NC2CSCCC2(C)C)c1. The van der Waals surface area contributed by atoms with E-state index in [0.29, 0.717) is 11.5 Å². The maximum absolute atomic E-state index is 11.2. The van der Waals surface area contributed by atoms with Crippen molar-refractivity contribution in [3.05, 3.63) is 29.8 Å². The number of amides is 1. The molecule has 2 atom stereocenters. The van der Waals surface area contributed by atoms with Crippen LogP contribution >= 0.6 is 11.8 Å². The van der Waals surface area contributed by atoms with Crippen molar-refractivity contribution in [3.8, 4) is 0 Å². The van der Waals surface area contributed by atoms with E-state index in [2.05, 4.69) is 43.5 Å². The first-order chi connectivity index (χ1) is 9.88. The summed E-state index contributed by atoms with van der Waals surface area (Å²) in [6.45, 7) is 8.44. The summed E-state index contributed by atoms with van der Waals surface area (Å²) in [6.07, 6.45) is 1.26. The summed E-state index contributed by atoms with van der Waals surface area (Å²) in [5.74, 6) is 2.40. The van der Waals surface area contributed by atoms with Gasteiger partial charge < -0.3 is 10.6 Å². The Hall–Kier alpha value is -1.00. The molecular weight excluding hydrogens is 280 g/mol. The highest BCUT2D eigenvalue weighted by atomic mass is 32.2. The molecular formula is C17H26N2OS. The van der Waals surface area contributed by atoms with Gasteiger partial charge in [0.15, 0.2) is 0 Å². The molecule has 1 saturated heterocycles. The van der Waals surface area contributed by atoms with Crippen LogP contribution in [0.1, 0.15) is 45.7 Å². The van der Waals surface area contributed by atoms with E-state index in [1.165, 1.54) is 30.4 Å². The van der Waals surface area contributed by atoms with Crippen molar-refractivity contribution in [3.63, 3.8) is 0 Å². The molecule has 2 unspecified atom stereocenters. The largest absolute Gasteiger partial charge is 0.326 e. The third-order valence-corrected chi connectivity index (χ3v) is 5.34. The Morgan fingerprint density at radius 3 is 2.86 bits per heavy atom. The van der Waals surface area contributed by atoms with Gasteiger partial charge in [-0.25, -0.2) is 0 Å². The fourth-order valence-corrected chi connectivity index (χ4v) is 4.32. The minimum Gasteiger partial charge on any atom is -0.326 e. The Morgan fingerprint density at radius 2 is 2.19 bits per heavy atom. The van der Waals surface area contributed by atoms with Crippen LogP contribution in [0.4, 0.5) is 5.69 Å². The number of benzene rings is 1. The average molecular weight is 306 g/mol. The van der Waals surface area contributed by atoms with Crippen LogP contribution in [-0.4, -0.2) is 23.5 Å². The van der Waals surface area contributed by atoms with E-state index in [1.54, 1.807) is 0 Å². The summed E-state index contributed by atoms with van der Waals surface area (Å²) in [6, 6.07) is 8.91. The standard InChI is InChI=1S/C17H26N2OS/c1-12(18-16-11-21-9-8-17(16,3)4)14-6-5-7-15(10-14)19-13(2)20/h5-7,10,12,16,18H,8-9,11H2,1-4H3,(H,19,20). The fraction of sp³-hybridized carbons (Fsp3) is 0.588. The van der Waals surface area contributed by atoms with Crippen molar-refractivity contribution in [1.29, 1.82) is 0 Å². The smallest absolute Gasteiger partial charge is 0.221 e. The van der Waals surface area contributed by atoms with Gasteiger partial charge >= 0.3 is 0 Å². The molecule has 1 aliphatic rings. The molecule has 4 heteroatoms. The van der Waals surface area contributed by atoms with Crippen LogP contribution in [0.5, 0.6) is 0 Å². The number of carbonyl (C=O) groups excluding carboxylic acids is 1. The van der Waals surface area contributed by atoms with Crippen molar-refractivity contribution in [2.24, 2.45) is 5.41 Å². The zero-order chi connectivity index (χ0) is 15.5. The van der Waals surface area contributed by atoms with Gasteiger partial charge in [0.1, 0.15) is 0 Å². The number of hydrogen-bond donors (Lipinski definition) is 2. The maximum atomic E-state index is 11.2. The van der Waals surface area contributed by atoms with E-state index in [0.717, 1.165) is 5.69 Å². The molecule has 0 spiro atoms. The van der Waals surface area contributed by atoms with Gasteiger partial charge in [-0.15, -0.1) is 0 Å². The molecule has 1 aromatic rings. The van der Waals surface area contributed by atoms with Gasteiger partial charge in [-0.2, -0.15) is 11.8 Å². The number of carbonyl (C=O) groups is 1. The second-order valence-electron chi connectivity index (χ2n) is 6.56. The molecule has 1 aromatic carbocycles. The summed E-state index contributed by atoms with van der Waals surface area (Å²) in [5, 5.41) is 6.62. The molecule has 116 valence electrons. The number of rotatable bonds is 4. The van der Waals surface area contributed by atoms with Crippen molar-refractivity contribution < 1.29 is 4.79 Å². The first-order valence-corrected chi connectivity index (χ1v) is 8.75. The van der Waals surface area contributed by atoms with Gasteiger partial charge in [0.25, 0.3) is 0 Å². The van der Waals surface area contributed by atoms with E-state index >= 15 is 0 Å². The molecule has 0 saturated carbocycles. The van der Waals surface area contributed by atoms with E-state index in [-0.39, 0.29) is 11.9 Å². The summed E-state index contributed by atoms with van der Waals surface area (Å²) in [5.41, 5.74) is 2.42. The normalized spacial score (nSPS) is 22.6. The van der Waals surface area contributed by atoms with Crippen LogP contribution in [0.15, 0.2) is 24.3 Å². The van der Waals surface area contributed by atoms with Gasteiger partial charge in [-0.1, -0.05) is 26.0 Å². The number of nitrogens with one attached hydrogen (secondary N) is 2. The van der Waals surface area contributed by atoms with Crippen molar-refractivity contribution in [1.82, 2.24) is 5.32 Å². The molecule has 1 heterocycles. The minimum atomic E-state index is -0.0300. The van der Waals surface area contributed by atoms with Crippen LogP contribution in [0.3, 0.4) is 0 Å². The Bertz CT molecular complexity index is 501. The van der Waals surface area contributed by atoms with E-state index in [1.807, 2.05) is 23.9 Å². The van der Waals surface area contributed by atoms with Crippen molar-refractivity contribution in [2.75, 3.05) is 16.8 Å². The van der Waals surface area contributed by atoms with Gasteiger partial charge in [-0.05, 0) is 42.2 Å². The molecule has 0 aromatic heterocycles. The van der Waals surface area contributed by atoms with Gasteiger partial charge in [0, 0.05) is 30.4 Å². The zero-order valence-corrected chi connectivity index (χ0v) is 14.2. The highest BCUT2D eigenvalue weighted by molar-refractivity contribution is 7.99. The van der Waals surface area contributed by atoms with Gasteiger partial charge in [0.05, 0.1) is 0 Å². The first kappa shape index (κ1) is 16.4. The topological polar surface area (TPSA) is 41.1 Å². The highest BCUT2D eigenvalue weighted by Gasteiger charge is 2.33. The zero-order valence-electron chi connectivity index (χ0n) is 13.4. The van der Waals surface area contributed by atoms with Crippen LogP contribution in [0.2, 0.25) is 0 Å². The molecule has 1 aliphatic heterocycles. The van der Waals surface area contributed by atoms with E-state index in [9.17, 15) is 4.79 Å². The Kier molecular flexibility index (Phi) is 5.33. The lowest BCUT2D eigenvalue weighted by atomic mass is 9.81. The molecule has 0 radical (unpaired) electrons. The summed E-state index contributed by atoms with van der Waals surface area (Å²) in [4.78, 5) is 11.2. The lowest BCUT2D eigenvalue weighted by Gasteiger charge is -2.40. The van der Waals surface area contributed by atoms with Gasteiger partial charge in [0.2, 0.25) is 5.91 Å². The number of hydrogen-bond acceptors (Lipinski definition) is 3. The molecule has 2 N–H and O–H groups in total. The molecule has 3 nitrogen and oxygen atoms in total. The first-order valence-electron chi connectivity index (χ1n) is 7.60. The predicted molar refractivity (Wildman–Crippen MR) is 91.8 cm³/mol. The van der Waals surface area contributed by atoms with Crippen LogP contribution in [0, 0.1) is 5.41 Å². The molecule has 1 amide bonds.